The van der Waals surface area contributed by atoms with E-state index in [-0.39, 0.29) is 10.7 Å². The molecule has 0 amide bonds. The van der Waals surface area contributed by atoms with Crippen LogP contribution in [0.2, 0.25) is 0 Å². The summed E-state index contributed by atoms with van der Waals surface area (Å²) in [5.41, 5.74) is 0.387. The molecular formula is C18H20N2O3S2. The zero-order valence-electron chi connectivity index (χ0n) is 14.0. The number of ketones is 1. The Morgan fingerprint density at radius 3 is 2.64 bits per heavy atom. The lowest BCUT2D eigenvalue weighted by atomic mass is 9.80. The molecule has 1 aromatic heterocycles. The molecule has 1 aromatic carbocycles. The summed E-state index contributed by atoms with van der Waals surface area (Å²) in [6.07, 6.45) is 7.80. The minimum Gasteiger partial charge on any atom is -0.345 e. The first kappa shape index (κ1) is 16.7. The van der Waals surface area contributed by atoms with Crippen LogP contribution in [0.15, 0.2) is 35.4 Å². The Bertz CT molecular complexity index is 912. The van der Waals surface area contributed by atoms with Crippen LogP contribution in [0, 0.1) is 5.92 Å². The quantitative estimate of drug-likeness (QED) is 0.767. The minimum absolute atomic E-state index is 0.163. The Kier molecular flexibility index (Phi) is 4.16. The highest BCUT2D eigenvalue weighted by Crippen LogP contribution is 2.39. The fraction of sp³-hybridized carbons (Fsp3) is 0.444. The minimum atomic E-state index is -3.33. The van der Waals surface area contributed by atoms with Crippen molar-refractivity contribution in [2.75, 3.05) is 17.7 Å². The molecule has 7 heteroatoms. The van der Waals surface area contributed by atoms with Crippen LogP contribution in [0.3, 0.4) is 0 Å². The van der Waals surface area contributed by atoms with E-state index in [0.29, 0.717) is 16.5 Å². The van der Waals surface area contributed by atoms with E-state index in [0.717, 1.165) is 23.8 Å². The van der Waals surface area contributed by atoms with Gasteiger partial charge in [0.2, 0.25) is 5.78 Å². The second-order valence-corrected chi connectivity index (χ2v) is 9.99. The number of sulfone groups is 1. The molecule has 3 fully saturated rings. The van der Waals surface area contributed by atoms with E-state index in [9.17, 15) is 13.2 Å². The van der Waals surface area contributed by atoms with E-state index in [4.69, 9.17) is 0 Å². The van der Waals surface area contributed by atoms with Crippen LogP contribution in [0.4, 0.5) is 5.13 Å². The molecule has 3 aliphatic rings. The van der Waals surface area contributed by atoms with Gasteiger partial charge in [-0.2, -0.15) is 0 Å². The van der Waals surface area contributed by atoms with Crippen molar-refractivity contribution in [1.29, 1.82) is 0 Å². The Morgan fingerprint density at radius 2 is 2.00 bits per heavy atom. The van der Waals surface area contributed by atoms with Crippen molar-refractivity contribution in [2.24, 2.45) is 5.92 Å². The van der Waals surface area contributed by atoms with Gasteiger partial charge in [0, 0.05) is 24.4 Å². The van der Waals surface area contributed by atoms with Crippen molar-refractivity contribution in [3.63, 3.8) is 0 Å². The van der Waals surface area contributed by atoms with Crippen LogP contribution in [0.5, 0.6) is 0 Å². The van der Waals surface area contributed by atoms with Gasteiger partial charge in [-0.3, -0.25) is 4.79 Å². The number of aromatic nitrogens is 1. The lowest BCUT2D eigenvalue weighted by molar-refractivity contribution is 0.104. The van der Waals surface area contributed by atoms with Gasteiger partial charge in [0.15, 0.2) is 15.0 Å². The van der Waals surface area contributed by atoms with Crippen molar-refractivity contribution in [3.8, 4) is 0 Å². The lowest BCUT2D eigenvalue weighted by Crippen LogP contribution is -2.48. The smallest absolute Gasteiger partial charge is 0.204 e. The first-order chi connectivity index (χ1) is 11.9. The third-order valence-corrected chi connectivity index (χ3v) is 7.34. The number of hydrogen-bond acceptors (Lipinski definition) is 6. The highest BCUT2D eigenvalue weighted by molar-refractivity contribution is 7.90. The van der Waals surface area contributed by atoms with Crippen LogP contribution >= 0.6 is 11.3 Å². The number of nitrogens with zero attached hydrogens (tertiary/aromatic N) is 2. The van der Waals surface area contributed by atoms with Gasteiger partial charge in [0.25, 0.3) is 0 Å². The normalized spacial score (nSPS) is 23.0. The average Bonchev–Trinajstić information content (AvgIpc) is 3.11. The number of benzene rings is 1. The van der Waals surface area contributed by atoms with Crippen molar-refractivity contribution in [1.82, 2.24) is 4.98 Å². The maximum atomic E-state index is 12.7. The van der Waals surface area contributed by atoms with Crippen molar-refractivity contribution in [3.05, 3.63) is 40.9 Å². The molecule has 0 N–H and O–H groups in total. The number of thiazole rings is 1. The van der Waals surface area contributed by atoms with E-state index in [1.165, 1.54) is 49.2 Å². The van der Waals surface area contributed by atoms with Gasteiger partial charge in [-0.1, -0.05) is 23.5 Å². The molecule has 2 aromatic rings. The highest BCUT2D eigenvalue weighted by Gasteiger charge is 2.35. The monoisotopic (exact) mass is 376 g/mol. The predicted molar refractivity (Wildman–Crippen MR) is 98.2 cm³/mol. The van der Waals surface area contributed by atoms with Gasteiger partial charge >= 0.3 is 0 Å². The fourth-order valence-corrected chi connectivity index (χ4v) is 5.44. The molecule has 5 rings (SSSR count). The zero-order valence-corrected chi connectivity index (χ0v) is 15.6. The first-order valence-electron chi connectivity index (χ1n) is 8.49. The third kappa shape index (κ3) is 3.22. The molecule has 1 saturated carbocycles. The van der Waals surface area contributed by atoms with E-state index in [1.54, 1.807) is 18.3 Å². The van der Waals surface area contributed by atoms with E-state index in [1.807, 2.05) is 0 Å². The van der Waals surface area contributed by atoms with Gasteiger partial charge in [-0.15, -0.1) is 0 Å². The van der Waals surface area contributed by atoms with Crippen molar-refractivity contribution >= 4 is 32.1 Å². The summed E-state index contributed by atoms with van der Waals surface area (Å²) in [5.74, 6) is 0.580. The molecule has 2 saturated heterocycles. The van der Waals surface area contributed by atoms with Gasteiger partial charge in [0.1, 0.15) is 0 Å². The number of carbonyl (C=O) groups is 1. The van der Waals surface area contributed by atoms with E-state index >= 15 is 0 Å². The second-order valence-electron chi connectivity index (χ2n) is 6.96. The number of piperidine rings is 2. The van der Waals surface area contributed by atoms with Gasteiger partial charge < -0.3 is 4.90 Å². The Labute approximate surface area is 151 Å². The van der Waals surface area contributed by atoms with Gasteiger partial charge in [0.05, 0.1) is 16.0 Å². The zero-order chi connectivity index (χ0) is 17.6. The topological polar surface area (TPSA) is 67.3 Å². The molecule has 0 unspecified atom stereocenters. The van der Waals surface area contributed by atoms with Gasteiger partial charge in [-0.05, 0) is 43.7 Å². The first-order valence-corrected chi connectivity index (χ1v) is 11.2. The van der Waals surface area contributed by atoms with Crippen LogP contribution in [0.1, 0.15) is 40.9 Å². The molecule has 0 atom stereocenters. The standard InChI is InChI=1S/C18H20N2O3S2/c1-25(22,23)15-4-2-3-13(9-15)17(21)16-10-19-18(24-16)20-11-12-5-7-14(20)8-6-12/h2-4,9-10,12,14H,5-8,11H2,1H3. The number of anilines is 1. The largest absolute Gasteiger partial charge is 0.345 e. The SMILES string of the molecule is CS(=O)(=O)c1cccc(C(=O)c2cnc(N3CC4CCC3CC4)s2)c1. The summed E-state index contributed by atoms with van der Waals surface area (Å²) in [5, 5.41) is 0.914. The summed E-state index contributed by atoms with van der Waals surface area (Å²) in [4.78, 5) is 20.3. The summed E-state index contributed by atoms with van der Waals surface area (Å²) in [7, 11) is -3.33. The molecule has 0 spiro atoms. The molecular weight excluding hydrogens is 356 g/mol. The molecule has 3 heterocycles. The molecule has 0 radical (unpaired) electrons. The number of hydrogen-bond donors (Lipinski definition) is 0. The lowest BCUT2D eigenvalue weighted by Gasteiger charge is -2.45. The molecule has 132 valence electrons. The number of carbonyl (C=O) groups excluding carboxylic acids is 1. The predicted octanol–water partition coefficient (Wildman–Crippen LogP) is 3.16. The maximum absolute atomic E-state index is 12.7. The Morgan fingerprint density at radius 1 is 1.24 bits per heavy atom. The highest BCUT2D eigenvalue weighted by atomic mass is 32.2. The molecule has 2 bridgehead atoms. The second kappa shape index (κ2) is 6.21. The number of fused-ring (bicyclic) bond motifs is 3. The third-order valence-electron chi connectivity index (χ3n) is 5.20. The maximum Gasteiger partial charge on any atom is 0.204 e. The molecule has 5 nitrogen and oxygen atoms in total. The van der Waals surface area contributed by atoms with Crippen LogP contribution in [-0.4, -0.2) is 38.0 Å². The van der Waals surface area contributed by atoms with Crippen LogP contribution in [0.25, 0.3) is 0 Å². The van der Waals surface area contributed by atoms with Crippen molar-refractivity contribution in [2.45, 2.75) is 36.6 Å². The average molecular weight is 377 g/mol. The summed E-state index contributed by atoms with van der Waals surface area (Å²) in [6.45, 7) is 1.04. The van der Waals surface area contributed by atoms with Gasteiger partial charge in [-0.25, -0.2) is 13.4 Å². The van der Waals surface area contributed by atoms with Crippen molar-refractivity contribution < 1.29 is 13.2 Å². The number of rotatable bonds is 4. The molecule has 1 aliphatic carbocycles. The molecule has 2 aliphatic heterocycles. The van der Waals surface area contributed by atoms with E-state index < -0.39 is 9.84 Å². The summed E-state index contributed by atoms with van der Waals surface area (Å²) < 4.78 is 23.4. The Hall–Kier alpha value is -1.73. The molecule has 25 heavy (non-hydrogen) atoms. The van der Waals surface area contributed by atoms with Crippen LogP contribution in [-0.2, 0) is 9.84 Å². The summed E-state index contributed by atoms with van der Waals surface area (Å²) >= 11 is 1.41. The van der Waals surface area contributed by atoms with E-state index in [2.05, 4.69) is 9.88 Å². The fourth-order valence-electron chi connectivity index (χ4n) is 3.81. The van der Waals surface area contributed by atoms with Crippen LogP contribution < -0.4 is 4.90 Å². The summed E-state index contributed by atoms with van der Waals surface area (Å²) in [6, 6.07) is 6.76. The Balaban J connectivity index is 1.59.